The molecule has 1 amide bonds. The number of aryl methyl sites for hydroxylation is 2. The summed E-state index contributed by atoms with van der Waals surface area (Å²) >= 11 is 6.07. The van der Waals surface area contributed by atoms with E-state index in [1.54, 1.807) is 0 Å². The molecule has 27 heavy (non-hydrogen) atoms. The largest absolute Gasteiger partial charge is 0.324 e. The Hall–Kier alpha value is -1.88. The zero-order valence-corrected chi connectivity index (χ0v) is 16.9. The van der Waals surface area contributed by atoms with E-state index in [-0.39, 0.29) is 5.91 Å². The molecule has 0 aliphatic carbocycles. The fourth-order valence-electron chi connectivity index (χ4n) is 3.58. The Labute approximate surface area is 167 Å². The molecule has 0 atom stereocenters. The second-order valence-corrected chi connectivity index (χ2v) is 7.63. The first-order chi connectivity index (χ1) is 13.0. The average Bonchev–Trinajstić information content (AvgIpc) is 2.65. The first-order valence-electron chi connectivity index (χ1n) is 9.62. The van der Waals surface area contributed by atoms with E-state index in [4.69, 9.17) is 11.6 Å². The first-order valence-corrected chi connectivity index (χ1v) is 10.0. The predicted octanol–water partition coefficient (Wildman–Crippen LogP) is 3.97. The summed E-state index contributed by atoms with van der Waals surface area (Å²) in [7, 11) is 0. The average molecular weight is 386 g/mol. The highest BCUT2D eigenvalue weighted by atomic mass is 35.5. The number of nitrogens with zero attached hydrogens (tertiary/aromatic N) is 2. The maximum atomic E-state index is 12.5. The third-order valence-electron chi connectivity index (χ3n) is 5.13. The van der Waals surface area contributed by atoms with Crippen LogP contribution in [0.4, 0.5) is 5.69 Å². The maximum Gasteiger partial charge on any atom is 0.238 e. The number of carbonyl (C=O) groups is 1. The van der Waals surface area contributed by atoms with Gasteiger partial charge in [0, 0.05) is 43.4 Å². The van der Waals surface area contributed by atoms with Gasteiger partial charge >= 0.3 is 0 Å². The fourth-order valence-corrected chi connectivity index (χ4v) is 3.80. The molecular weight excluding hydrogens is 358 g/mol. The van der Waals surface area contributed by atoms with Crippen molar-refractivity contribution in [3.05, 3.63) is 64.2 Å². The van der Waals surface area contributed by atoms with Gasteiger partial charge in [-0.2, -0.15) is 0 Å². The minimum atomic E-state index is 0.0716. The van der Waals surface area contributed by atoms with Crippen LogP contribution in [0.25, 0.3) is 0 Å². The molecule has 2 aromatic carbocycles. The van der Waals surface area contributed by atoms with Gasteiger partial charge < -0.3 is 5.32 Å². The molecule has 1 saturated heterocycles. The fraction of sp³-hybridized carbons (Fsp3) is 0.409. The molecule has 2 aromatic rings. The topological polar surface area (TPSA) is 35.6 Å². The molecular formula is C22H28ClN3O. The summed E-state index contributed by atoms with van der Waals surface area (Å²) in [5.41, 5.74) is 4.52. The summed E-state index contributed by atoms with van der Waals surface area (Å²) < 4.78 is 0. The van der Waals surface area contributed by atoms with Gasteiger partial charge in [0.05, 0.1) is 6.54 Å². The van der Waals surface area contributed by atoms with Gasteiger partial charge in [0.15, 0.2) is 0 Å². The number of halogens is 1. The van der Waals surface area contributed by atoms with Crippen molar-refractivity contribution in [3.8, 4) is 0 Å². The van der Waals surface area contributed by atoms with Crippen LogP contribution in [0.3, 0.4) is 0 Å². The Kier molecular flexibility index (Phi) is 6.89. The van der Waals surface area contributed by atoms with Crippen molar-refractivity contribution in [2.45, 2.75) is 26.8 Å². The van der Waals surface area contributed by atoms with E-state index >= 15 is 0 Å². The Morgan fingerprint density at radius 2 is 1.78 bits per heavy atom. The molecule has 0 saturated carbocycles. The molecule has 1 N–H and O–H groups in total. The molecule has 0 aromatic heterocycles. The summed E-state index contributed by atoms with van der Waals surface area (Å²) in [5, 5.41) is 3.91. The number of hydrogen-bond acceptors (Lipinski definition) is 3. The molecule has 5 heteroatoms. The molecule has 4 nitrogen and oxygen atoms in total. The van der Waals surface area contributed by atoms with Gasteiger partial charge in [0.25, 0.3) is 0 Å². The van der Waals surface area contributed by atoms with Gasteiger partial charge in [0.2, 0.25) is 5.91 Å². The Morgan fingerprint density at radius 3 is 2.48 bits per heavy atom. The highest BCUT2D eigenvalue weighted by Crippen LogP contribution is 2.21. The van der Waals surface area contributed by atoms with Crippen molar-refractivity contribution >= 4 is 23.2 Å². The third-order valence-corrected chi connectivity index (χ3v) is 5.37. The lowest BCUT2D eigenvalue weighted by Crippen LogP contribution is -2.48. The second kappa shape index (κ2) is 9.36. The van der Waals surface area contributed by atoms with Crippen molar-refractivity contribution in [1.29, 1.82) is 0 Å². The van der Waals surface area contributed by atoms with Crippen LogP contribution in [-0.2, 0) is 17.8 Å². The number of para-hydroxylation sites is 1. The van der Waals surface area contributed by atoms with Gasteiger partial charge in [-0.15, -0.1) is 0 Å². The van der Waals surface area contributed by atoms with Crippen LogP contribution in [0.2, 0.25) is 5.02 Å². The lowest BCUT2D eigenvalue weighted by atomic mass is 10.1. The van der Waals surface area contributed by atoms with E-state index in [1.165, 1.54) is 11.1 Å². The zero-order valence-electron chi connectivity index (χ0n) is 16.2. The quantitative estimate of drug-likeness (QED) is 0.817. The smallest absolute Gasteiger partial charge is 0.238 e. The van der Waals surface area contributed by atoms with Gasteiger partial charge in [-0.05, 0) is 42.2 Å². The number of hydrogen-bond donors (Lipinski definition) is 1. The lowest BCUT2D eigenvalue weighted by Gasteiger charge is -2.34. The van der Waals surface area contributed by atoms with Crippen molar-refractivity contribution < 1.29 is 4.79 Å². The van der Waals surface area contributed by atoms with Crippen LogP contribution < -0.4 is 5.32 Å². The Morgan fingerprint density at radius 1 is 1.07 bits per heavy atom. The number of nitrogens with one attached hydrogen (secondary N) is 1. The zero-order chi connectivity index (χ0) is 19.2. The van der Waals surface area contributed by atoms with Crippen LogP contribution in [0.15, 0.2) is 42.5 Å². The van der Waals surface area contributed by atoms with Crippen molar-refractivity contribution in [1.82, 2.24) is 9.80 Å². The minimum Gasteiger partial charge on any atom is -0.324 e. The standard InChI is InChI=1S/C22H28ClN3O/c1-3-19-8-4-6-17(2)22(19)24-21(27)16-26-12-10-25(11-13-26)15-18-7-5-9-20(23)14-18/h4-9,14H,3,10-13,15-16H2,1-2H3,(H,24,27). The normalized spacial score (nSPS) is 15.7. The Bertz CT molecular complexity index is 785. The molecule has 1 aliphatic heterocycles. The monoisotopic (exact) mass is 385 g/mol. The van der Waals surface area contributed by atoms with Crippen LogP contribution in [0.1, 0.15) is 23.6 Å². The molecule has 1 heterocycles. The van der Waals surface area contributed by atoms with Gasteiger partial charge in [-0.1, -0.05) is 48.9 Å². The highest BCUT2D eigenvalue weighted by molar-refractivity contribution is 6.30. The molecule has 0 unspecified atom stereocenters. The first kappa shape index (κ1) is 19.9. The van der Waals surface area contributed by atoms with E-state index in [0.29, 0.717) is 6.54 Å². The minimum absolute atomic E-state index is 0.0716. The summed E-state index contributed by atoms with van der Waals surface area (Å²) in [6.45, 7) is 9.25. The molecule has 0 radical (unpaired) electrons. The Balaban J connectivity index is 1.48. The summed E-state index contributed by atoms with van der Waals surface area (Å²) in [6.07, 6.45) is 0.916. The van der Waals surface area contributed by atoms with Crippen LogP contribution in [0.5, 0.6) is 0 Å². The summed E-state index contributed by atoms with van der Waals surface area (Å²) in [4.78, 5) is 17.2. The van der Waals surface area contributed by atoms with E-state index in [2.05, 4.69) is 34.2 Å². The molecule has 144 valence electrons. The van der Waals surface area contributed by atoms with Gasteiger partial charge in [0.1, 0.15) is 0 Å². The van der Waals surface area contributed by atoms with Gasteiger partial charge in [-0.25, -0.2) is 0 Å². The van der Waals surface area contributed by atoms with Crippen molar-refractivity contribution in [3.63, 3.8) is 0 Å². The van der Waals surface area contributed by atoms with E-state index in [0.717, 1.165) is 55.4 Å². The van der Waals surface area contributed by atoms with Crippen LogP contribution in [0, 0.1) is 6.92 Å². The molecule has 0 bridgehead atoms. The van der Waals surface area contributed by atoms with E-state index in [1.807, 2.05) is 37.3 Å². The number of amides is 1. The van der Waals surface area contributed by atoms with E-state index in [9.17, 15) is 4.79 Å². The third kappa shape index (κ3) is 5.55. The predicted molar refractivity (Wildman–Crippen MR) is 112 cm³/mol. The van der Waals surface area contributed by atoms with Crippen LogP contribution in [-0.4, -0.2) is 48.4 Å². The van der Waals surface area contributed by atoms with Crippen molar-refractivity contribution in [2.75, 3.05) is 38.0 Å². The molecule has 3 rings (SSSR count). The molecule has 1 fully saturated rings. The number of benzene rings is 2. The summed E-state index contributed by atoms with van der Waals surface area (Å²) in [6, 6.07) is 14.2. The van der Waals surface area contributed by atoms with Crippen LogP contribution >= 0.6 is 11.6 Å². The van der Waals surface area contributed by atoms with Crippen molar-refractivity contribution in [2.24, 2.45) is 0 Å². The number of carbonyl (C=O) groups excluding carboxylic acids is 1. The maximum absolute atomic E-state index is 12.5. The lowest BCUT2D eigenvalue weighted by molar-refractivity contribution is -0.117. The number of rotatable bonds is 6. The van der Waals surface area contributed by atoms with Gasteiger partial charge in [-0.3, -0.25) is 14.6 Å². The number of piperazine rings is 1. The number of anilines is 1. The second-order valence-electron chi connectivity index (χ2n) is 7.19. The molecule has 0 spiro atoms. The highest BCUT2D eigenvalue weighted by Gasteiger charge is 2.19. The molecule has 1 aliphatic rings. The summed E-state index contributed by atoms with van der Waals surface area (Å²) in [5.74, 6) is 0.0716. The SMILES string of the molecule is CCc1cccc(C)c1NC(=O)CN1CCN(Cc2cccc(Cl)c2)CC1. The van der Waals surface area contributed by atoms with E-state index < -0.39 is 0 Å².